The number of carbonyl (C=O) groups is 3. The highest BCUT2D eigenvalue weighted by Gasteiger charge is 2.33. The molecule has 0 spiro atoms. The van der Waals surface area contributed by atoms with Gasteiger partial charge >= 0.3 is 0 Å². The van der Waals surface area contributed by atoms with Gasteiger partial charge in [0, 0.05) is 36.9 Å². The molecule has 4 rings (SSSR count). The van der Waals surface area contributed by atoms with Crippen LogP contribution in [0.25, 0.3) is 0 Å². The van der Waals surface area contributed by atoms with Crippen LogP contribution in [0.5, 0.6) is 0 Å². The Morgan fingerprint density at radius 2 is 1.74 bits per heavy atom. The summed E-state index contributed by atoms with van der Waals surface area (Å²) in [7, 11) is 0. The molecule has 1 aromatic heterocycles. The molecule has 2 aliphatic heterocycles. The van der Waals surface area contributed by atoms with Crippen LogP contribution in [0, 0.1) is 5.92 Å². The fraction of sp³-hybridized carbons (Fsp3) is 0.450. The first kappa shape index (κ1) is 21.7. The van der Waals surface area contributed by atoms with Gasteiger partial charge < -0.3 is 19.9 Å². The van der Waals surface area contributed by atoms with Gasteiger partial charge in [0.1, 0.15) is 0 Å². The third-order valence-electron chi connectivity index (χ3n) is 5.28. The van der Waals surface area contributed by atoms with Crippen LogP contribution in [0.3, 0.4) is 0 Å². The minimum absolute atomic E-state index is 0.0705. The number of carbonyl (C=O) groups excluding carboxylic acids is 3. The lowest BCUT2D eigenvalue weighted by Crippen LogP contribution is -2.49. The van der Waals surface area contributed by atoms with E-state index >= 15 is 0 Å². The van der Waals surface area contributed by atoms with Crippen molar-refractivity contribution in [3.8, 4) is 0 Å². The molecule has 31 heavy (non-hydrogen) atoms. The van der Waals surface area contributed by atoms with Crippen LogP contribution >= 0.6 is 22.9 Å². The van der Waals surface area contributed by atoms with Crippen molar-refractivity contribution in [3.05, 3.63) is 39.3 Å². The number of aromatic nitrogens is 2. The Kier molecular flexibility index (Phi) is 6.79. The van der Waals surface area contributed by atoms with Crippen LogP contribution in [0.2, 0.25) is 5.02 Å². The molecule has 3 amide bonds. The van der Waals surface area contributed by atoms with E-state index < -0.39 is 5.91 Å². The number of ether oxygens (including phenoxy) is 1. The van der Waals surface area contributed by atoms with Crippen LogP contribution in [0.4, 0.5) is 5.69 Å². The van der Waals surface area contributed by atoms with Gasteiger partial charge in [-0.25, -0.2) is 0 Å². The van der Waals surface area contributed by atoms with E-state index in [2.05, 4.69) is 15.5 Å². The third kappa shape index (κ3) is 5.20. The molecule has 0 aliphatic carbocycles. The number of likely N-dealkylation sites (tertiary alicyclic amines) is 1. The van der Waals surface area contributed by atoms with Crippen LogP contribution in [0.1, 0.15) is 32.4 Å². The van der Waals surface area contributed by atoms with E-state index in [1.165, 1.54) is 0 Å². The van der Waals surface area contributed by atoms with Crippen molar-refractivity contribution in [1.29, 1.82) is 0 Å². The molecular formula is C20H22ClN5O4S. The first-order valence-electron chi connectivity index (χ1n) is 10.1. The molecule has 2 aliphatic rings. The quantitative estimate of drug-likeness (QED) is 0.745. The van der Waals surface area contributed by atoms with Gasteiger partial charge in [0.25, 0.3) is 11.8 Å². The molecule has 1 N–H and O–H groups in total. The summed E-state index contributed by atoms with van der Waals surface area (Å²) in [4.78, 5) is 41.6. The number of nitrogens with zero attached hydrogens (tertiary/aromatic N) is 4. The first-order valence-corrected chi connectivity index (χ1v) is 11.3. The van der Waals surface area contributed by atoms with Gasteiger partial charge in [0.2, 0.25) is 15.9 Å². The van der Waals surface area contributed by atoms with Crippen molar-refractivity contribution in [1.82, 2.24) is 20.0 Å². The summed E-state index contributed by atoms with van der Waals surface area (Å²) in [5.74, 6) is -0.905. The lowest BCUT2D eigenvalue weighted by atomic mass is 9.96. The number of benzene rings is 1. The van der Waals surface area contributed by atoms with Crippen molar-refractivity contribution < 1.29 is 19.1 Å². The Labute approximate surface area is 188 Å². The summed E-state index contributed by atoms with van der Waals surface area (Å²) < 4.78 is 5.31. The number of amides is 3. The normalized spacial score (nSPS) is 19.2. The van der Waals surface area contributed by atoms with Gasteiger partial charge in [0.05, 0.1) is 19.1 Å². The first-order chi connectivity index (χ1) is 15.0. The zero-order valence-electron chi connectivity index (χ0n) is 16.8. The summed E-state index contributed by atoms with van der Waals surface area (Å²) in [6.07, 6.45) is 1.50. The van der Waals surface area contributed by atoms with E-state index in [1.807, 2.05) is 4.90 Å². The lowest BCUT2D eigenvalue weighted by Gasteiger charge is -2.35. The van der Waals surface area contributed by atoms with Crippen LogP contribution in [-0.2, 0) is 9.53 Å². The third-order valence-corrected chi connectivity index (χ3v) is 6.45. The minimum atomic E-state index is -0.446. The summed E-state index contributed by atoms with van der Waals surface area (Å²) >= 11 is 6.79. The van der Waals surface area contributed by atoms with Crippen LogP contribution in [-0.4, -0.2) is 77.1 Å². The van der Waals surface area contributed by atoms with Crippen molar-refractivity contribution in [3.63, 3.8) is 0 Å². The SMILES string of the molecule is O=C(Nc1ccc(Cl)cc1)c1nnc(C(=O)N2CCC[C@H](C(=O)N3CCOCC3)C2)s1. The van der Waals surface area contributed by atoms with Crippen LogP contribution < -0.4 is 5.32 Å². The lowest BCUT2D eigenvalue weighted by molar-refractivity contribution is -0.141. The number of morpholine rings is 1. The number of hydrogen-bond donors (Lipinski definition) is 1. The van der Waals surface area contributed by atoms with Crippen molar-refractivity contribution >= 4 is 46.3 Å². The second-order valence-corrected chi connectivity index (χ2v) is 8.82. The average molecular weight is 464 g/mol. The highest BCUT2D eigenvalue weighted by atomic mass is 35.5. The molecule has 2 saturated heterocycles. The van der Waals surface area contributed by atoms with E-state index in [9.17, 15) is 14.4 Å². The molecule has 11 heteroatoms. The zero-order valence-corrected chi connectivity index (χ0v) is 18.3. The fourth-order valence-corrected chi connectivity index (χ4v) is 4.49. The van der Waals surface area contributed by atoms with Gasteiger partial charge in [-0.3, -0.25) is 14.4 Å². The monoisotopic (exact) mass is 463 g/mol. The van der Waals surface area contributed by atoms with Gasteiger partial charge in [-0.05, 0) is 37.1 Å². The Morgan fingerprint density at radius 1 is 1.03 bits per heavy atom. The molecule has 164 valence electrons. The molecule has 0 bridgehead atoms. The van der Waals surface area contributed by atoms with Crippen molar-refractivity contribution in [2.45, 2.75) is 12.8 Å². The number of hydrogen-bond acceptors (Lipinski definition) is 7. The molecule has 9 nitrogen and oxygen atoms in total. The summed E-state index contributed by atoms with van der Waals surface area (Å²) in [5.41, 5.74) is 0.568. The molecule has 1 aromatic carbocycles. The Balaban J connectivity index is 1.37. The highest BCUT2D eigenvalue weighted by Crippen LogP contribution is 2.23. The molecule has 2 aromatic rings. The predicted octanol–water partition coefficient (Wildman–Crippen LogP) is 2.15. The molecule has 1 atom stereocenters. The topological polar surface area (TPSA) is 105 Å². The molecular weight excluding hydrogens is 442 g/mol. The van der Waals surface area contributed by atoms with Crippen molar-refractivity contribution in [2.75, 3.05) is 44.7 Å². The summed E-state index contributed by atoms with van der Waals surface area (Å²) in [6.45, 7) is 3.18. The Morgan fingerprint density at radius 3 is 2.48 bits per heavy atom. The number of piperidine rings is 1. The van der Waals surface area contributed by atoms with E-state index in [0.29, 0.717) is 50.1 Å². The smallest absolute Gasteiger partial charge is 0.286 e. The zero-order chi connectivity index (χ0) is 21.8. The minimum Gasteiger partial charge on any atom is -0.378 e. The van der Waals surface area contributed by atoms with Gasteiger partial charge in [0.15, 0.2) is 0 Å². The van der Waals surface area contributed by atoms with E-state index in [4.69, 9.17) is 16.3 Å². The van der Waals surface area contributed by atoms with E-state index in [-0.39, 0.29) is 27.7 Å². The van der Waals surface area contributed by atoms with Crippen LogP contribution in [0.15, 0.2) is 24.3 Å². The number of halogens is 1. The maximum atomic E-state index is 12.9. The molecule has 3 heterocycles. The standard InChI is InChI=1S/C20H22ClN5O4S/c21-14-3-5-15(6-4-14)22-16(27)17-23-24-18(31-17)20(29)26-7-1-2-13(12-26)19(28)25-8-10-30-11-9-25/h3-6,13H,1-2,7-12H2,(H,22,27)/t13-/m0/s1. The number of anilines is 1. The molecule has 0 radical (unpaired) electrons. The van der Waals surface area contributed by atoms with Gasteiger partial charge in [-0.15, -0.1) is 10.2 Å². The van der Waals surface area contributed by atoms with E-state index in [0.717, 1.165) is 24.2 Å². The maximum Gasteiger partial charge on any atom is 0.286 e. The Bertz CT molecular complexity index is 961. The average Bonchev–Trinajstić information content (AvgIpc) is 3.31. The predicted molar refractivity (Wildman–Crippen MR) is 115 cm³/mol. The number of rotatable bonds is 4. The molecule has 0 saturated carbocycles. The fourth-order valence-electron chi connectivity index (χ4n) is 3.66. The second kappa shape index (κ2) is 9.71. The number of nitrogens with one attached hydrogen (secondary N) is 1. The van der Waals surface area contributed by atoms with Gasteiger partial charge in [-0.1, -0.05) is 22.9 Å². The maximum absolute atomic E-state index is 12.9. The van der Waals surface area contributed by atoms with Crippen molar-refractivity contribution in [2.24, 2.45) is 5.92 Å². The molecule has 0 unspecified atom stereocenters. The highest BCUT2D eigenvalue weighted by molar-refractivity contribution is 7.15. The Hall–Kier alpha value is -2.56. The summed E-state index contributed by atoms with van der Waals surface area (Å²) in [5, 5.41) is 11.3. The van der Waals surface area contributed by atoms with Gasteiger partial charge in [-0.2, -0.15) is 0 Å². The second-order valence-electron chi connectivity index (χ2n) is 7.40. The molecule has 2 fully saturated rings. The largest absolute Gasteiger partial charge is 0.378 e. The summed E-state index contributed by atoms with van der Waals surface area (Å²) in [6, 6.07) is 6.67. The van der Waals surface area contributed by atoms with E-state index in [1.54, 1.807) is 29.2 Å².